The van der Waals surface area contributed by atoms with Crippen LogP contribution in [0, 0.1) is 5.41 Å². The highest BCUT2D eigenvalue weighted by Crippen LogP contribution is 2.02. The molecular formula is C10H13N3O2S. The maximum Gasteiger partial charge on any atom is 0.339 e. The Morgan fingerprint density at radius 3 is 2.69 bits per heavy atom. The van der Waals surface area contributed by atoms with E-state index in [2.05, 4.69) is 17.9 Å². The van der Waals surface area contributed by atoms with E-state index in [0.717, 1.165) is 5.56 Å². The number of benzene rings is 1. The third kappa shape index (κ3) is 4.22. The van der Waals surface area contributed by atoms with Gasteiger partial charge in [0.05, 0.1) is 0 Å². The van der Waals surface area contributed by atoms with E-state index in [1.165, 1.54) is 0 Å². The predicted octanol–water partition coefficient (Wildman–Crippen LogP) is 0.469. The van der Waals surface area contributed by atoms with Gasteiger partial charge in [-0.05, 0) is 5.56 Å². The van der Waals surface area contributed by atoms with Crippen LogP contribution in [0.2, 0.25) is 0 Å². The summed E-state index contributed by atoms with van der Waals surface area (Å²) in [6.45, 7) is 0.177. The van der Waals surface area contributed by atoms with Crippen LogP contribution >= 0.6 is 12.6 Å². The van der Waals surface area contributed by atoms with Gasteiger partial charge in [0, 0.05) is 0 Å². The van der Waals surface area contributed by atoms with Crippen molar-refractivity contribution in [3.63, 3.8) is 0 Å². The number of nitrogens with two attached hydrogens (primary N) is 1. The molecule has 0 aliphatic carbocycles. The average molecular weight is 239 g/mol. The standard InChI is InChI=1S/C10H13N3O2S/c11-10(12)13-8(16)9(14)15-6-7-4-2-1-3-5-7/h1-5,8,16H,6H2,(H4,11,12,13). The van der Waals surface area contributed by atoms with Crippen molar-refractivity contribution in [1.82, 2.24) is 5.32 Å². The smallest absolute Gasteiger partial charge is 0.339 e. The molecule has 1 atom stereocenters. The normalized spacial score (nSPS) is 11.6. The van der Waals surface area contributed by atoms with Gasteiger partial charge in [-0.15, -0.1) is 12.6 Å². The van der Waals surface area contributed by atoms with E-state index in [0.29, 0.717) is 0 Å². The van der Waals surface area contributed by atoms with E-state index in [9.17, 15) is 4.79 Å². The molecule has 0 saturated heterocycles. The van der Waals surface area contributed by atoms with Crippen LogP contribution in [-0.2, 0) is 16.1 Å². The van der Waals surface area contributed by atoms with E-state index < -0.39 is 11.3 Å². The quantitative estimate of drug-likeness (QED) is 0.202. The molecule has 1 aromatic carbocycles. The number of rotatable bonds is 4. The summed E-state index contributed by atoms with van der Waals surface area (Å²) in [5, 5.41) is 8.34. The first-order valence-electron chi connectivity index (χ1n) is 4.59. The number of hydrogen-bond donors (Lipinski definition) is 4. The molecular weight excluding hydrogens is 226 g/mol. The zero-order chi connectivity index (χ0) is 12.0. The Hall–Kier alpha value is -1.69. The van der Waals surface area contributed by atoms with Crippen molar-refractivity contribution in [2.75, 3.05) is 0 Å². The van der Waals surface area contributed by atoms with Crippen molar-refractivity contribution in [1.29, 1.82) is 5.41 Å². The van der Waals surface area contributed by atoms with Crippen LogP contribution in [-0.4, -0.2) is 17.3 Å². The van der Waals surface area contributed by atoms with Gasteiger partial charge in [0.15, 0.2) is 11.3 Å². The van der Waals surface area contributed by atoms with E-state index in [4.69, 9.17) is 15.9 Å². The number of guanidine groups is 1. The second-order valence-corrected chi connectivity index (χ2v) is 3.57. The Balaban J connectivity index is 2.38. The molecule has 4 N–H and O–H groups in total. The van der Waals surface area contributed by atoms with E-state index in [1.807, 2.05) is 30.3 Å². The molecule has 0 aliphatic heterocycles. The van der Waals surface area contributed by atoms with Crippen LogP contribution in [0.3, 0.4) is 0 Å². The van der Waals surface area contributed by atoms with E-state index >= 15 is 0 Å². The lowest BCUT2D eigenvalue weighted by molar-refractivity contribution is -0.144. The number of esters is 1. The fourth-order valence-electron chi connectivity index (χ4n) is 1.01. The molecule has 0 amide bonds. The lowest BCUT2D eigenvalue weighted by Gasteiger charge is -2.12. The van der Waals surface area contributed by atoms with Crippen LogP contribution in [0.5, 0.6) is 0 Å². The first-order valence-corrected chi connectivity index (χ1v) is 5.10. The monoisotopic (exact) mass is 239 g/mol. The largest absolute Gasteiger partial charge is 0.459 e. The molecule has 0 radical (unpaired) electrons. The van der Waals surface area contributed by atoms with Crippen LogP contribution in [0.15, 0.2) is 30.3 Å². The van der Waals surface area contributed by atoms with Gasteiger partial charge in [-0.3, -0.25) is 5.41 Å². The summed E-state index contributed by atoms with van der Waals surface area (Å²) in [6.07, 6.45) is 0. The van der Waals surface area contributed by atoms with Crippen molar-refractivity contribution in [3.8, 4) is 0 Å². The first-order chi connectivity index (χ1) is 7.59. The Bertz CT molecular complexity index is 370. The molecule has 0 aliphatic rings. The molecule has 0 bridgehead atoms. The molecule has 1 aromatic rings. The van der Waals surface area contributed by atoms with Gasteiger partial charge < -0.3 is 15.8 Å². The fourth-order valence-corrected chi connectivity index (χ4v) is 1.23. The predicted molar refractivity (Wildman–Crippen MR) is 64.1 cm³/mol. The average Bonchev–Trinajstić information content (AvgIpc) is 2.26. The lowest BCUT2D eigenvalue weighted by atomic mass is 10.2. The number of nitrogens with one attached hydrogen (secondary N) is 2. The van der Waals surface area contributed by atoms with Gasteiger partial charge in [0.2, 0.25) is 0 Å². The molecule has 1 unspecified atom stereocenters. The second-order valence-electron chi connectivity index (χ2n) is 3.05. The molecule has 1 rings (SSSR count). The van der Waals surface area contributed by atoms with Gasteiger partial charge in [-0.25, -0.2) is 4.79 Å². The minimum absolute atomic E-state index is 0.177. The Morgan fingerprint density at radius 1 is 1.50 bits per heavy atom. The lowest BCUT2D eigenvalue weighted by Crippen LogP contribution is -2.41. The summed E-state index contributed by atoms with van der Waals surface area (Å²) in [5.41, 5.74) is 5.94. The molecule has 16 heavy (non-hydrogen) atoms. The maximum atomic E-state index is 11.3. The van der Waals surface area contributed by atoms with Gasteiger partial charge >= 0.3 is 5.97 Å². The Labute approximate surface area is 98.9 Å². The van der Waals surface area contributed by atoms with E-state index in [-0.39, 0.29) is 12.6 Å². The van der Waals surface area contributed by atoms with Crippen molar-refractivity contribution in [3.05, 3.63) is 35.9 Å². The van der Waals surface area contributed by atoms with Crippen molar-refractivity contribution in [2.24, 2.45) is 5.73 Å². The van der Waals surface area contributed by atoms with Gasteiger partial charge in [-0.1, -0.05) is 30.3 Å². The minimum atomic E-state index is -0.916. The number of carbonyl (C=O) groups excluding carboxylic acids is 1. The third-order valence-corrected chi connectivity index (χ3v) is 2.08. The number of hydrogen-bond acceptors (Lipinski definition) is 4. The second kappa shape index (κ2) is 6.02. The molecule has 0 aromatic heterocycles. The summed E-state index contributed by atoms with van der Waals surface area (Å²) in [4.78, 5) is 11.3. The molecule has 0 heterocycles. The molecule has 86 valence electrons. The SMILES string of the molecule is N=C(N)NC(S)C(=O)OCc1ccccc1. The summed E-state index contributed by atoms with van der Waals surface area (Å²) >= 11 is 3.90. The maximum absolute atomic E-state index is 11.3. The molecule has 0 fully saturated rings. The first kappa shape index (κ1) is 12.4. The van der Waals surface area contributed by atoms with Crippen molar-refractivity contribution >= 4 is 24.6 Å². The zero-order valence-electron chi connectivity index (χ0n) is 8.51. The highest BCUT2D eigenvalue weighted by Gasteiger charge is 2.15. The zero-order valence-corrected chi connectivity index (χ0v) is 9.41. The summed E-state index contributed by atoms with van der Waals surface area (Å²) in [7, 11) is 0. The summed E-state index contributed by atoms with van der Waals surface area (Å²) in [6, 6.07) is 9.28. The topological polar surface area (TPSA) is 88.2 Å². The third-order valence-electron chi connectivity index (χ3n) is 1.74. The van der Waals surface area contributed by atoms with Crippen LogP contribution in [0.25, 0.3) is 0 Å². The van der Waals surface area contributed by atoms with Crippen molar-refractivity contribution in [2.45, 2.75) is 12.0 Å². The molecule has 5 nitrogen and oxygen atoms in total. The highest BCUT2D eigenvalue weighted by molar-refractivity contribution is 7.81. The number of carbonyl (C=O) groups is 1. The number of ether oxygens (including phenoxy) is 1. The van der Waals surface area contributed by atoms with E-state index in [1.54, 1.807) is 0 Å². The highest BCUT2D eigenvalue weighted by atomic mass is 32.1. The number of thiol groups is 1. The van der Waals surface area contributed by atoms with Crippen LogP contribution in [0.4, 0.5) is 0 Å². The molecule has 6 heteroatoms. The minimum Gasteiger partial charge on any atom is -0.459 e. The van der Waals surface area contributed by atoms with Crippen LogP contribution in [0.1, 0.15) is 5.56 Å². The molecule has 0 spiro atoms. The Morgan fingerprint density at radius 2 is 2.12 bits per heavy atom. The van der Waals surface area contributed by atoms with Gasteiger partial charge in [-0.2, -0.15) is 0 Å². The van der Waals surface area contributed by atoms with Gasteiger partial charge in [0.25, 0.3) is 0 Å². The van der Waals surface area contributed by atoms with Crippen LogP contribution < -0.4 is 11.1 Å². The summed E-state index contributed by atoms with van der Waals surface area (Å²) in [5.74, 6) is -0.890. The van der Waals surface area contributed by atoms with Crippen molar-refractivity contribution < 1.29 is 9.53 Å². The summed E-state index contributed by atoms with van der Waals surface area (Å²) < 4.78 is 4.96. The Kier molecular flexibility index (Phi) is 4.65. The molecule has 0 saturated carbocycles. The fraction of sp³-hybridized carbons (Fsp3) is 0.200. The van der Waals surface area contributed by atoms with Gasteiger partial charge in [0.1, 0.15) is 6.61 Å².